The first kappa shape index (κ1) is 17.0. The number of aromatic nitrogens is 1. The zero-order chi connectivity index (χ0) is 16.6. The number of fused-ring (bicyclic) bond motifs is 1. The largest absolute Gasteiger partial charge is 0.326 e. The van der Waals surface area contributed by atoms with Gasteiger partial charge < -0.3 is 11.5 Å². The molecule has 0 saturated heterocycles. The van der Waals surface area contributed by atoms with Gasteiger partial charge in [-0.15, -0.1) is 11.3 Å². The highest BCUT2D eigenvalue weighted by molar-refractivity contribution is 7.13. The zero-order valence-electron chi connectivity index (χ0n) is 14.2. The summed E-state index contributed by atoms with van der Waals surface area (Å²) >= 11 is 1.53. The van der Waals surface area contributed by atoms with Crippen molar-refractivity contribution in [3.63, 3.8) is 0 Å². The molecular weight excluding hydrogens is 308 g/mol. The summed E-state index contributed by atoms with van der Waals surface area (Å²) in [6.45, 7) is 7.49. The highest BCUT2D eigenvalue weighted by atomic mass is 32.1. The third-order valence-electron chi connectivity index (χ3n) is 5.07. The number of Topliss-reactive ketones (excluding diaryl/α,β-unsaturated/α-hetero) is 1. The summed E-state index contributed by atoms with van der Waals surface area (Å²) < 4.78 is 0. The molecule has 2 atom stereocenters. The minimum atomic E-state index is -0.920. The van der Waals surface area contributed by atoms with E-state index in [1.165, 1.54) is 16.2 Å². The van der Waals surface area contributed by atoms with Crippen molar-refractivity contribution < 1.29 is 4.79 Å². The number of nitrogens with zero attached hydrogens (tertiary/aromatic N) is 2. The van der Waals surface area contributed by atoms with Crippen LogP contribution in [0, 0.1) is 5.92 Å². The van der Waals surface area contributed by atoms with Gasteiger partial charge in [0.05, 0.1) is 11.2 Å². The first-order valence-corrected chi connectivity index (χ1v) is 9.52. The van der Waals surface area contributed by atoms with Gasteiger partial charge in [-0.1, -0.05) is 26.7 Å². The van der Waals surface area contributed by atoms with Gasteiger partial charge in [0.1, 0.15) is 0 Å². The Kier molecular flexibility index (Phi) is 4.88. The van der Waals surface area contributed by atoms with Gasteiger partial charge in [-0.2, -0.15) is 0 Å². The number of carbonyl (C=O) groups is 1. The summed E-state index contributed by atoms with van der Waals surface area (Å²) in [6, 6.07) is -0.248. The van der Waals surface area contributed by atoms with Crippen molar-refractivity contribution in [2.75, 3.05) is 13.1 Å². The lowest BCUT2D eigenvalue weighted by Gasteiger charge is -2.36. The molecule has 1 fully saturated rings. The SMILES string of the molecule is CC(C)CN1CCc2nc(C(=O)C3(N)CCCCC3N)sc2C1. The van der Waals surface area contributed by atoms with Crippen LogP contribution in [0.4, 0.5) is 0 Å². The topological polar surface area (TPSA) is 85.2 Å². The molecule has 2 unspecified atom stereocenters. The Hall–Kier alpha value is -0.820. The van der Waals surface area contributed by atoms with Crippen LogP contribution in [0.5, 0.6) is 0 Å². The van der Waals surface area contributed by atoms with Crippen LogP contribution in [0.1, 0.15) is 59.9 Å². The zero-order valence-corrected chi connectivity index (χ0v) is 15.0. The molecule has 0 radical (unpaired) electrons. The number of nitrogens with two attached hydrogens (primary N) is 2. The van der Waals surface area contributed by atoms with Gasteiger partial charge in [-0.3, -0.25) is 9.69 Å². The van der Waals surface area contributed by atoms with Crippen molar-refractivity contribution in [3.05, 3.63) is 15.6 Å². The third kappa shape index (κ3) is 3.36. The van der Waals surface area contributed by atoms with Crippen molar-refractivity contribution >= 4 is 17.1 Å². The van der Waals surface area contributed by atoms with E-state index < -0.39 is 5.54 Å². The van der Waals surface area contributed by atoms with Gasteiger partial charge in [-0.25, -0.2) is 4.98 Å². The van der Waals surface area contributed by atoms with Crippen molar-refractivity contribution in [1.82, 2.24) is 9.88 Å². The summed E-state index contributed by atoms with van der Waals surface area (Å²) in [4.78, 5) is 21.2. The lowest BCUT2D eigenvalue weighted by Crippen LogP contribution is -2.62. The molecule has 128 valence electrons. The van der Waals surface area contributed by atoms with E-state index >= 15 is 0 Å². The molecule has 1 aromatic rings. The number of carbonyl (C=O) groups excluding carboxylic acids is 1. The molecule has 5 nitrogen and oxygen atoms in total. The smallest absolute Gasteiger partial charge is 0.212 e. The van der Waals surface area contributed by atoms with E-state index in [2.05, 4.69) is 23.7 Å². The average molecular weight is 337 g/mol. The van der Waals surface area contributed by atoms with Gasteiger partial charge in [0.15, 0.2) is 5.01 Å². The van der Waals surface area contributed by atoms with Crippen LogP contribution in [0.3, 0.4) is 0 Å². The molecule has 0 bridgehead atoms. The lowest BCUT2D eigenvalue weighted by molar-refractivity contribution is 0.0822. The fraction of sp³-hybridized carbons (Fsp3) is 0.765. The quantitative estimate of drug-likeness (QED) is 0.821. The number of hydrogen-bond acceptors (Lipinski definition) is 6. The Morgan fingerprint density at radius 2 is 2.26 bits per heavy atom. The molecule has 0 spiro atoms. The van der Waals surface area contributed by atoms with Crippen LogP contribution in [-0.2, 0) is 13.0 Å². The molecule has 0 amide bonds. The van der Waals surface area contributed by atoms with Crippen LogP contribution in [0.25, 0.3) is 0 Å². The second-order valence-electron chi connectivity index (χ2n) is 7.49. The Morgan fingerprint density at radius 3 is 2.96 bits per heavy atom. The van der Waals surface area contributed by atoms with E-state index in [-0.39, 0.29) is 11.8 Å². The van der Waals surface area contributed by atoms with E-state index in [9.17, 15) is 4.79 Å². The highest BCUT2D eigenvalue weighted by Crippen LogP contribution is 2.32. The Morgan fingerprint density at radius 1 is 1.48 bits per heavy atom. The minimum absolute atomic E-state index is 0.0421. The maximum absolute atomic E-state index is 12.9. The third-order valence-corrected chi connectivity index (χ3v) is 6.15. The Balaban J connectivity index is 1.78. The monoisotopic (exact) mass is 336 g/mol. The molecule has 1 aromatic heterocycles. The molecule has 0 aromatic carbocycles. The van der Waals surface area contributed by atoms with Gasteiger partial charge in [0, 0.05) is 37.0 Å². The van der Waals surface area contributed by atoms with Crippen molar-refractivity contribution in [1.29, 1.82) is 0 Å². The standard InChI is InChI=1S/C17H28N4OS/c1-11(2)9-21-8-6-12-13(10-21)23-16(20-12)15(22)17(19)7-4-3-5-14(17)18/h11,14H,3-10,18-19H2,1-2H3. The highest BCUT2D eigenvalue weighted by Gasteiger charge is 2.43. The van der Waals surface area contributed by atoms with Gasteiger partial charge >= 0.3 is 0 Å². The van der Waals surface area contributed by atoms with Gasteiger partial charge in [-0.05, 0) is 18.8 Å². The average Bonchev–Trinajstić information content (AvgIpc) is 2.92. The molecular formula is C17H28N4OS. The van der Waals surface area contributed by atoms with Gasteiger partial charge in [0.25, 0.3) is 0 Å². The predicted octanol–water partition coefficient (Wildman–Crippen LogP) is 1.94. The number of thiazole rings is 1. The van der Waals surface area contributed by atoms with Gasteiger partial charge in [0.2, 0.25) is 5.78 Å². The van der Waals surface area contributed by atoms with Crippen LogP contribution in [0.15, 0.2) is 0 Å². The van der Waals surface area contributed by atoms with E-state index in [4.69, 9.17) is 11.5 Å². The summed E-state index contributed by atoms with van der Waals surface area (Å²) in [5, 5.41) is 0.571. The molecule has 1 aliphatic carbocycles. The van der Waals surface area contributed by atoms with Crippen molar-refractivity contribution in [2.24, 2.45) is 17.4 Å². The lowest BCUT2D eigenvalue weighted by atomic mass is 9.76. The fourth-order valence-corrected chi connectivity index (χ4v) is 4.91. The van der Waals surface area contributed by atoms with Crippen LogP contribution >= 0.6 is 11.3 Å². The number of rotatable bonds is 4. The van der Waals surface area contributed by atoms with Crippen LogP contribution < -0.4 is 11.5 Å². The molecule has 4 N–H and O–H groups in total. The molecule has 1 saturated carbocycles. The first-order valence-electron chi connectivity index (χ1n) is 8.70. The Labute approximate surface area is 142 Å². The summed E-state index contributed by atoms with van der Waals surface area (Å²) in [6.07, 6.45) is 4.47. The van der Waals surface area contributed by atoms with Crippen LogP contribution in [0.2, 0.25) is 0 Å². The van der Waals surface area contributed by atoms with E-state index in [0.717, 1.165) is 51.0 Å². The van der Waals surface area contributed by atoms with E-state index in [1.54, 1.807) is 0 Å². The summed E-state index contributed by atoms with van der Waals surface area (Å²) in [5.74, 6) is 0.609. The number of hydrogen-bond donors (Lipinski definition) is 2. The van der Waals surface area contributed by atoms with E-state index in [1.807, 2.05) is 0 Å². The fourth-order valence-electron chi connectivity index (χ4n) is 3.72. The second-order valence-corrected chi connectivity index (χ2v) is 8.57. The summed E-state index contributed by atoms with van der Waals surface area (Å²) in [5.41, 5.74) is 12.8. The normalized spacial score (nSPS) is 28.8. The first-order chi connectivity index (χ1) is 10.9. The second kappa shape index (κ2) is 6.59. The summed E-state index contributed by atoms with van der Waals surface area (Å²) in [7, 11) is 0. The van der Waals surface area contributed by atoms with Crippen molar-refractivity contribution in [3.8, 4) is 0 Å². The molecule has 3 rings (SSSR count). The molecule has 23 heavy (non-hydrogen) atoms. The minimum Gasteiger partial charge on any atom is -0.326 e. The Bertz CT molecular complexity index is 585. The van der Waals surface area contributed by atoms with Crippen molar-refractivity contribution in [2.45, 2.75) is 64.1 Å². The van der Waals surface area contributed by atoms with Crippen LogP contribution in [-0.4, -0.2) is 40.3 Å². The molecule has 2 heterocycles. The molecule has 2 aliphatic rings. The predicted molar refractivity (Wildman–Crippen MR) is 93.6 cm³/mol. The number of ketones is 1. The maximum atomic E-state index is 12.9. The molecule has 1 aliphatic heterocycles. The maximum Gasteiger partial charge on any atom is 0.212 e. The van der Waals surface area contributed by atoms with E-state index in [0.29, 0.717) is 17.3 Å². The molecule has 6 heteroatoms.